The summed E-state index contributed by atoms with van der Waals surface area (Å²) in [5, 5.41) is 3.30. The Morgan fingerprint density at radius 3 is 2.94 bits per heavy atom. The molecular weight excluding hydrogens is 230 g/mol. The number of carbonyl (C=O) groups is 1. The third kappa shape index (κ3) is 2.72. The standard InChI is InChI=1S/C13H19N3O2/c1-3-18-13(17)10-6-12(15-7-11(10)14)16-9-4-8(2)5-9/h6-9H,3-5,14H2,1-2H3,(H,15,16). The van der Waals surface area contributed by atoms with Crippen LogP contribution in [0, 0.1) is 5.92 Å². The van der Waals surface area contributed by atoms with Gasteiger partial charge in [0.2, 0.25) is 0 Å². The van der Waals surface area contributed by atoms with Gasteiger partial charge in [0.1, 0.15) is 5.82 Å². The predicted octanol–water partition coefficient (Wildman–Crippen LogP) is 2.05. The minimum absolute atomic E-state index is 0.337. The Morgan fingerprint density at radius 1 is 1.61 bits per heavy atom. The molecule has 1 saturated carbocycles. The van der Waals surface area contributed by atoms with Crippen molar-refractivity contribution in [1.29, 1.82) is 0 Å². The summed E-state index contributed by atoms with van der Waals surface area (Å²) >= 11 is 0. The third-order valence-corrected chi connectivity index (χ3v) is 3.16. The van der Waals surface area contributed by atoms with E-state index in [-0.39, 0.29) is 0 Å². The molecule has 1 heterocycles. The van der Waals surface area contributed by atoms with Crippen LogP contribution in [0.4, 0.5) is 11.5 Å². The van der Waals surface area contributed by atoms with Crippen LogP contribution in [0.3, 0.4) is 0 Å². The van der Waals surface area contributed by atoms with E-state index in [2.05, 4.69) is 17.2 Å². The lowest BCUT2D eigenvalue weighted by Gasteiger charge is -2.33. The number of pyridine rings is 1. The Balaban J connectivity index is 2.08. The van der Waals surface area contributed by atoms with Gasteiger partial charge in [-0.05, 0) is 31.7 Å². The van der Waals surface area contributed by atoms with Crippen LogP contribution in [0.15, 0.2) is 12.3 Å². The summed E-state index contributed by atoms with van der Waals surface area (Å²) < 4.78 is 4.95. The van der Waals surface area contributed by atoms with E-state index in [9.17, 15) is 4.79 Å². The molecule has 0 unspecified atom stereocenters. The molecule has 0 spiro atoms. The monoisotopic (exact) mass is 249 g/mol. The second kappa shape index (κ2) is 5.25. The number of nitrogens with zero attached hydrogens (tertiary/aromatic N) is 1. The van der Waals surface area contributed by atoms with Crippen LogP contribution < -0.4 is 11.1 Å². The molecule has 0 aromatic carbocycles. The number of nitrogens with two attached hydrogens (primary N) is 1. The maximum absolute atomic E-state index is 11.7. The zero-order chi connectivity index (χ0) is 13.1. The van der Waals surface area contributed by atoms with Crippen molar-refractivity contribution in [3.63, 3.8) is 0 Å². The Morgan fingerprint density at radius 2 is 2.33 bits per heavy atom. The Bertz CT molecular complexity index is 442. The van der Waals surface area contributed by atoms with Crippen molar-refractivity contribution in [3.8, 4) is 0 Å². The van der Waals surface area contributed by atoms with E-state index >= 15 is 0 Å². The predicted molar refractivity (Wildman–Crippen MR) is 70.4 cm³/mol. The molecule has 0 amide bonds. The minimum atomic E-state index is -0.401. The molecule has 0 bridgehead atoms. The Labute approximate surface area is 107 Å². The van der Waals surface area contributed by atoms with Crippen LogP contribution in [0.1, 0.15) is 37.0 Å². The van der Waals surface area contributed by atoms with E-state index < -0.39 is 5.97 Å². The summed E-state index contributed by atoms with van der Waals surface area (Å²) in [5.74, 6) is 1.05. The number of nitrogens with one attached hydrogen (secondary N) is 1. The number of anilines is 2. The molecule has 2 rings (SSSR count). The second-order valence-electron chi connectivity index (χ2n) is 4.80. The second-order valence-corrected chi connectivity index (χ2v) is 4.80. The molecule has 5 heteroatoms. The van der Waals surface area contributed by atoms with Gasteiger partial charge < -0.3 is 15.8 Å². The van der Waals surface area contributed by atoms with Crippen LogP contribution in [0.25, 0.3) is 0 Å². The molecule has 0 atom stereocenters. The number of esters is 1. The molecule has 1 aliphatic rings. The average Bonchev–Trinajstić information content (AvgIpc) is 2.29. The van der Waals surface area contributed by atoms with Gasteiger partial charge in [0.05, 0.1) is 24.1 Å². The third-order valence-electron chi connectivity index (χ3n) is 3.16. The summed E-state index contributed by atoms with van der Waals surface area (Å²) in [6, 6.07) is 2.11. The molecule has 1 aromatic heterocycles. The van der Waals surface area contributed by atoms with E-state index in [1.165, 1.54) is 6.20 Å². The Kier molecular flexibility index (Phi) is 3.69. The molecule has 1 aromatic rings. The normalized spacial score (nSPS) is 22.1. The molecule has 1 fully saturated rings. The van der Waals surface area contributed by atoms with Gasteiger partial charge in [0, 0.05) is 6.04 Å². The first-order chi connectivity index (χ1) is 8.60. The average molecular weight is 249 g/mol. The molecular formula is C13H19N3O2. The van der Waals surface area contributed by atoms with Crippen molar-refractivity contribution >= 4 is 17.5 Å². The smallest absolute Gasteiger partial charge is 0.340 e. The van der Waals surface area contributed by atoms with E-state index in [0.717, 1.165) is 18.8 Å². The fourth-order valence-corrected chi connectivity index (χ4v) is 2.16. The summed E-state index contributed by atoms with van der Waals surface area (Å²) in [6.07, 6.45) is 3.78. The maximum Gasteiger partial charge on any atom is 0.340 e. The lowest BCUT2D eigenvalue weighted by atomic mass is 9.82. The topological polar surface area (TPSA) is 77.2 Å². The molecule has 1 aliphatic carbocycles. The van der Waals surface area contributed by atoms with Crippen LogP contribution in [-0.4, -0.2) is 23.6 Å². The van der Waals surface area contributed by atoms with Crippen molar-refractivity contribution in [2.45, 2.75) is 32.7 Å². The number of hydrogen-bond acceptors (Lipinski definition) is 5. The number of ether oxygens (including phenoxy) is 1. The van der Waals surface area contributed by atoms with E-state index in [1.54, 1.807) is 13.0 Å². The summed E-state index contributed by atoms with van der Waals surface area (Å²) in [6.45, 7) is 4.33. The quantitative estimate of drug-likeness (QED) is 0.798. The van der Waals surface area contributed by atoms with Crippen LogP contribution in [-0.2, 0) is 4.74 Å². The Hall–Kier alpha value is -1.78. The zero-order valence-corrected chi connectivity index (χ0v) is 10.8. The van der Waals surface area contributed by atoms with Gasteiger partial charge in [0.25, 0.3) is 0 Å². The first-order valence-electron chi connectivity index (χ1n) is 6.29. The van der Waals surface area contributed by atoms with Crippen molar-refractivity contribution in [1.82, 2.24) is 4.98 Å². The van der Waals surface area contributed by atoms with Gasteiger partial charge in [-0.15, -0.1) is 0 Å². The number of carbonyl (C=O) groups excluding carboxylic acids is 1. The van der Waals surface area contributed by atoms with Gasteiger partial charge in [-0.3, -0.25) is 0 Å². The van der Waals surface area contributed by atoms with Gasteiger partial charge in [-0.25, -0.2) is 9.78 Å². The summed E-state index contributed by atoms with van der Waals surface area (Å²) in [7, 11) is 0. The molecule has 0 radical (unpaired) electrons. The van der Waals surface area contributed by atoms with E-state index in [4.69, 9.17) is 10.5 Å². The number of aromatic nitrogens is 1. The van der Waals surface area contributed by atoms with Crippen LogP contribution in [0.2, 0.25) is 0 Å². The molecule has 18 heavy (non-hydrogen) atoms. The first kappa shape index (κ1) is 12.7. The summed E-state index contributed by atoms with van der Waals surface area (Å²) in [5.41, 5.74) is 6.45. The van der Waals surface area contributed by atoms with Gasteiger partial charge in [0.15, 0.2) is 0 Å². The fraction of sp³-hybridized carbons (Fsp3) is 0.538. The van der Waals surface area contributed by atoms with Crippen LogP contribution in [0.5, 0.6) is 0 Å². The highest BCUT2D eigenvalue weighted by Gasteiger charge is 2.25. The highest BCUT2D eigenvalue weighted by molar-refractivity contribution is 5.95. The number of nitrogen functional groups attached to an aromatic ring is 1. The zero-order valence-electron chi connectivity index (χ0n) is 10.8. The highest BCUT2D eigenvalue weighted by atomic mass is 16.5. The first-order valence-corrected chi connectivity index (χ1v) is 6.29. The van der Waals surface area contributed by atoms with Gasteiger partial charge >= 0.3 is 5.97 Å². The van der Waals surface area contributed by atoms with Crippen LogP contribution >= 0.6 is 0 Å². The SMILES string of the molecule is CCOC(=O)c1cc(NC2CC(C)C2)ncc1N. The molecule has 0 aliphatic heterocycles. The van der Waals surface area contributed by atoms with Crippen molar-refractivity contribution < 1.29 is 9.53 Å². The lowest BCUT2D eigenvalue weighted by molar-refractivity contribution is 0.0527. The largest absolute Gasteiger partial charge is 0.462 e. The van der Waals surface area contributed by atoms with E-state index in [0.29, 0.717) is 29.7 Å². The number of hydrogen-bond donors (Lipinski definition) is 2. The van der Waals surface area contributed by atoms with E-state index in [1.807, 2.05) is 0 Å². The van der Waals surface area contributed by atoms with Gasteiger partial charge in [-0.1, -0.05) is 6.92 Å². The fourth-order valence-electron chi connectivity index (χ4n) is 2.16. The molecule has 3 N–H and O–H groups in total. The molecule has 5 nitrogen and oxygen atoms in total. The minimum Gasteiger partial charge on any atom is -0.462 e. The number of rotatable bonds is 4. The highest BCUT2D eigenvalue weighted by Crippen LogP contribution is 2.29. The van der Waals surface area contributed by atoms with Crippen molar-refractivity contribution in [2.75, 3.05) is 17.7 Å². The maximum atomic E-state index is 11.7. The lowest BCUT2D eigenvalue weighted by Crippen LogP contribution is -2.34. The molecule has 98 valence electrons. The van der Waals surface area contributed by atoms with Gasteiger partial charge in [-0.2, -0.15) is 0 Å². The molecule has 0 saturated heterocycles. The van der Waals surface area contributed by atoms with Crippen molar-refractivity contribution in [2.24, 2.45) is 5.92 Å². The summed E-state index contributed by atoms with van der Waals surface area (Å²) in [4.78, 5) is 15.9. The van der Waals surface area contributed by atoms with Crippen molar-refractivity contribution in [3.05, 3.63) is 17.8 Å².